The van der Waals surface area contributed by atoms with Gasteiger partial charge in [0, 0.05) is 16.1 Å². The largest absolute Gasteiger partial charge is 0.494 e. The molecule has 1 amide bonds. The van der Waals surface area contributed by atoms with Crippen LogP contribution in [0, 0.1) is 0 Å². The highest BCUT2D eigenvalue weighted by Gasteiger charge is 2.17. The minimum absolute atomic E-state index is 0.217. The van der Waals surface area contributed by atoms with E-state index < -0.39 is 11.5 Å². The van der Waals surface area contributed by atoms with Crippen molar-refractivity contribution in [1.82, 2.24) is 0 Å². The number of benzene rings is 3. The summed E-state index contributed by atoms with van der Waals surface area (Å²) in [5, 5.41) is 4.17. The van der Waals surface area contributed by atoms with E-state index in [2.05, 4.69) is 5.32 Å². The highest BCUT2D eigenvalue weighted by atomic mass is 35.5. The third kappa shape index (κ3) is 3.90. The number of methoxy groups -OCH3 is 1. The normalized spacial score (nSPS) is 10.8. The van der Waals surface area contributed by atoms with Crippen molar-refractivity contribution < 1.29 is 13.9 Å². The van der Waals surface area contributed by atoms with Crippen molar-refractivity contribution in [2.24, 2.45) is 0 Å². The summed E-state index contributed by atoms with van der Waals surface area (Å²) in [7, 11) is 1.43. The molecule has 0 aliphatic heterocycles. The van der Waals surface area contributed by atoms with Gasteiger partial charge in [-0.15, -0.1) is 0 Å². The lowest BCUT2D eigenvalue weighted by atomic mass is 10.1. The first kappa shape index (κ1) is 20.0. The Kier molecular flexibility index (Phi) is 5.48. The number of nitrogens with one attached hydrogen (secondary N) is 1. The van der Waals surface area contributed by atoms with Gasteiger partial charge in [0.15, 0.2) is 0 Å². The second-order valence-electron chi connectivity index (χ2n) is 6.49. The molecule has 0 spiro atoms. The highest BCUT2D eigenvalue weighted by Crippen LogP contribution is 2.33. The average molecular weight is 440 g/mol. The van der Waals surface area contributed by atoms with Crippen LogP contribution in [0.15, 0.2) is 75.9 Å². The maximum absolute atomic E-state index is 12.7. The van der Waals surface area contributed by atoms with E-state index in [0.717, 1.165) is 5.39 Å². The molecule has 1 aromatic heterocycles. The minimum Gasteiger partial charge on any atom is -0.494 e. The van der Waals surface area contributed by atoms with E-state index in [-0.39, 0.29) is 16.3 Å². The van der Waals surface area contributed by atoms with Crippen LogP contribution in [-0.4, -0.2) is 13.0 Å². The average Bonchev–Trinajstić information content (AvgIpc) is 2.73. The molecule has 1 N–H and O–H groups in total. The monoisotopic (exact) mass is 439 g/mol. The number of hydrogen-bond donors (Lipinski definition) is 1. The molecule has 0 aliphatic rings. The SMILES string of the molecule is COc1c(Cl)cc(Cl)cc1C(=O)Nc1ccc(-c2cc3ccccc3oc2=O)cc1. The molecule has 0 unspecified atom stereocenters. The zero-order valence-corrected chi connectivity index (χ0v) is 17.3. The molecule has 30 heavy (non-hydrogen) atoms. The zero-order valence-electron chi connectivity index (χ0n) is 15.7. The number of hydrogen-bond acceptors (Lipinski definition) is 4. The molecule has 0 saturated carbocycles. The molecule has 3 aromatic carbocycles. The second-order valence-corrected chi connectivity index (χ2v) is 7.33. The van der Waals surface area contributed by atoms with Crippen LogP contribution in [-0.2, 0) is 0 Å². The molecule has 5 nitrogen and oxygen atoms in total. The van der Waals surface area contributed by atoms with Crippen LogP contribution in [0.2, 0.25) is 10.0 Å². The molecule has 0 saturated heterocycles. The van der Waals surface area contributed by atoms with Crippen LogP contribution < -0.4 is 15.7 Å². The first-order valence-corrected chi connectivity index (χ1v) is 9.69. The second kappa shape index (κ2) is 8.22. The summed E-state index contributed by atoms with van der Waals surface area (Å²) < 4.78 is 10.6. The third-order valence-corrected chi connectivity index (χ3v) is 5.05. The Balaban J connectivity index is 1.62. The fourth-order valence-corrected chi connectivity index (χ4v) is 3.70. The maximum atomic E-state index is 12.7. The quantitative estimate of drug-likeness (QED) is 0.394. The Labute approximate surface area is 181 Å². The number of fused-ring (bicyclic) bond motifs is 1. The first-order chi connectivity index (χ1) is 14.5. The molecular weight excluding hydrogens is 425 g/mol. The van der Waals surface area contributed by atoms with Crippen molar-refractivity contribution in [3.05, 3.63) is 92.8 Å². The Morgan fingerprint density at radius 2 is 1.73 bits per heavy atom. The Morgan fingerprint density at radius 1 is 1.00 bits per heavy atom. The van der Waals surface area contributed by atoms with E-state index in [4.69, 9.17) is 32.4 Å². The standard InChI is InChI=1S/C23H15Cl2NO4/c1-29-21-18(11-15(24)12-19(21)25)22(27)26-16-8-6-13(7-9-16)17-10-14-4-2-3-5-20(14)30-23(17)28/h2-12H,1H3,(H,26,27). The summed E-state index contributed by atoms with van der Waals surface area (Å²) in [5.74, 6) is -0.182. The number of amides is 1. The van der Waals surface area contributed by atoms with E-state index in [1.54, 1.807) is 36.4 Å². The number of ether oxygens (including phenoxy) is 1. The molecule has 0 radical (unpaired) electrons. The summed E-state index contributed by atoms with van der Waals surface area (Å²) in [4.78, 5) is 25.0. The highest BCUT2D eigenvalue weighted by molar-refractivity contribution is 6.36. The fraction of sp³-hybridized carbons (Fsp3) is 0.0435. The van der Waals surface area contributed by atoms with Gasteiger partial charge < -0.3 is 14.5 Å². The molecule has 1 heterocycles. The first-order valence-electron chi connectivity index (χ1n) is 8.94. The van der Waals surface area contributed by atoms with E-state index in [9.17, 15) is 9.59 Å². The van der Waals surface area contributed by atoms with Gasteiger partial charge in [0.05, 0.1) is 23.3 Å². The van der Waals surface area contributed by atoms with Gasteiger partial charge in [-0.25, -0.2) is 4.79 Å². The summed E-state index contributed by atoms with van der Waals surface area (Å²) in [6.45, 7) is 0. The van der Waals surface area contributed by atoms with Crippen molar-refractivity contribution >= 4 is 45.8 Å². The summed E-state index contributed by atoms with van der Waals surface area (Å²) in [5.41, 5.74) is 1.97. The number of carbonyl (C=O) groups excluding carboxylic acids is 1. The lowest BCUT2D eigenvalue weighted by molar-refractivity contribution is 0.102. The van der Waals surface area contributed by atoms with E-state index in [1.165, 1.54) is 19.2 Å². The zero-order chi connectivity index (χ0) is 21.3. The smallest absolute Gasteiger partial charge is 0.344 e. The Morgan fingerprint density at radius 3 is 2.47 bits per heavy atom. The van der Waals surface area contributed by atoms with Crippen LogP contribution >= 0.6 is 23.2 Å². The molecule has 4 rings (SSSR count). The van der Waals surface area contributed by atoms with Crippen LogP contribution in [0.4, 0.5) is 5.69 Å². The van der Waals surface area contributed by atoms with Crippen molar-refractivity contribution in [1.29, 1.82) is 0 Å². The van der Waals surface area contributed by atoms with E-state index >= 15 is 0 Å². The van der Waals surface area contributed by atoms with Crippen LogP contribution in [0.5, 0.6) is 5.75 Å². The number of carbonyl (C=O) groups is 1. The van der Waals surface area contributed by atoms with E-state index in [0.29, 0.717) is 27.4 Å². The topological polar surface area (TPSA) is 68.5 Å². The molecule has 0 bridgehead atoms. The molecule has 7 heteroatoms. The summed E-state index contributed by atoms with van der Waals surface area (Å²) in [6.07, 6.45) is 0. The number of rotatable bonds is 4. The number of anilines is 1. The van der Waals surface area contributed by atoms with Crippen molar-refractivity contribution in [3.63, 3.8) is 0 Å². The maximum Gasteiger partial charge on any atom is 0.344 e. The van der Waals surface area contributed by atoms with Crippen LogP contribution in [0.3, 0.4) is 0 Å². The molecule has 0 fully saturated rings. The molecular formula is C23H15Cl2NO4. The molecule has 4 aromatic rings. The van der Waals surface area contributed by atoms with Crippen molar-refractivity contribution in [2.45, 2.75) is 0 Å². The number of halogens is 2. The fourth-order valence-electron chi connectivity index (χ4n) is 3.13. The van der Waals surface area contributed by atoms with Crippen LogP contribution in [0.25, 0.3) is 22.1 Å². The van der Waals surface area contributed by atoms with Gasteiger partial charge in [0.25, 0.3) is 5.91 Å². The molecule has 150 valence electrons. The van der Waals surface area contributed by atoms with Gasteiger partial charge in [-0.05, 0) is 42.0 Å². The van der Waals surface area contributed by atoms with E-state index in [1.807, 2.05) is 18.2 Å². The van der Waals surface area contributed by atoms with Crippen molar-refractivity contribution in [3.8, 4) is 16.9 Å². The molecule has 0 aliphatic carbocycles. The van der Waals surface area contributed by atoms with Gasteiger partial charge in [-0.1, -0.05) is 53.5 Å². The van der Waals surface area contributed by atoms with Crippen molar-refractivity contribution in [2.75, 3.05) is 12.4 Å². The Hall–Kier alpha value is -3.28. The lowest BCUT2D eigenvalue weighted by Crippen LogP contribution is -2.13. The van der Waals surface area contributed by atoms with Gasteiger partial charge in [0.1, 0.15) is 11.3 Å². The predicted molar refractivity (Wildman–Crippen MR) is 119 cm³/mol. The summed E-state index contributed by atoms with van der Waals surface area (Å²) in [6, 6.07) is 18.9. The lowest BCUT2D eigenvalue weighted by Gasteiger charge is -2.12. The van der Waals surface area contributed by atoms with Crippen LogP contribution in [0.1, 0.15) is 10.4 Å². The molecule has 0 atom stereocenters. The van der Waals surface area contributed by atoms with Gasteiger partial charge in [-0.2, -0.15) is 0 Å². The van der Waals surface area contributed by atoms with Gasteiger partial charge in [0.2, 0.25) is 0 Å². The van der Waals surface area contributed by atoms with Gasteiger partial charge in [-0.3, -0.25) is 4.79 Å². The minimum atomic E-state index is -0.427. The van der Waals surface area contributed by atoms with Gasteiger partial charge >= 0.3 is 5.63 Å². The number of para-hydroxylation sites is 1. The summed E-state index contributed by atoms with van der Waals surface area (Å²) >= 11 is 12.1. The third-order valence-electron chi connectivity index (χ3n) is 4.55. The Bertz CT molecular complexity index is 1310. The predicted octanol–water partition coefficient (Wildman–Crippen LogP) is 6.03.